The molecule has 0 radical (unpaired) electrons. The van der Waals surface area contributed by atoms with Crippen LogP contribution < -0.4 is 0 Å². The van der Waals surface area contributed by atoms with Crippen LogP contribution in [0.25, 0.3) is 5.76 Å². The van der Waals surface area contributed by atoms with Gasteiger partial charge in [0.2, 0.25) is 0 Å². The Bertz CT molecular complexity index is 1170. The fourth-order valence-corrected chi connectivity index (χ4v) is 5.80. The minimum absolute atomic E-state index is 0.0888. The first-order valence-corrected chi connectivity index (χ1v) is 11.3. The number of aryl methyl sites for hydroxylation is 1. The van der Waals surface area contributed by atoms with Gasteiger partial charge in [-0.15, -0.1) is 0 Å². The second kappa shape index (κ2) is 7.36. The van der Waals surface area contributed by atoms with Crippen LogP contribution >= 0.6 is 0 Å². The molecular weight excluding hydrogens is 409 g/mol. The van der Waals surface area contributed by atoms with Gasteiger partial charge in [0.1, 0.15) is 11.6 Å². The largest absolute Gasteiger partial charge is 0.507 e. The van der Waals surface area contributed by atoms with E-state index < -0.39 is 39.4 Å². The molecule has 8 heteroatoms. The fraction of sp³-hybridized carbons (Fsp3) is 0.273. The normalized spacial score (nSPS) is 25.1. The maximum Gasteiger partial charge on any atom is 0.295 e. The van der Waals surface area contributed by atoms with Gasteiger partial charge in [-0.25, -0.2) is 12.8 Å². The van der Waals surface area contributed by atoms with Crippen molar-refractivity contribution >= 4 is 27.3 Å². The molecule has 2 heterocycles. The lowest BCUT2D eigenvalue weighted by Crippen LogP contribution is -2.40. The molecule has 0 saturated carbocycles. The van der Waals surface area contributed by atoms with Gasteiger partial charge in [0.15, 0.2) is 9.84 Å². The number of sulfone groups is 1. The molecule has 4 rings (SSSR count). The molecule has 6 nitrogen and oxygen atoms in total. The molecule has 2 fully saturated rings. The van der Waals surface area contributed by atoms with Gasteiger partial charge in [-0.2, -0.15) is 0 Å². The summed E-state index contributed by atoms with van der Waals surface area (Å²) in [6, 6.07) is 10.4. The van der Waals surface area contributed by atoms with Crippen molar-refractivity contribution in [2.24, 2.45) is 0 Å². The molecule has 2 aliphatic rings. The number of hydrogen-bond acceptors (Lipinski definition) is 5. The van der Waals surface area contributed by atoms with Gasteiger partial charge < -0.3 is 10.0 Å². The monoisotopic (exact) mass is 429 g/mol. The van der Waals surface area contributed by atoms with Crippen molar-refractivity contribution in [1.29, 1.82) is 0 Å². The molecule has 0 unspecified atom stereocenters. The Balaban J connectivity index is 1.90. The maximum atomic E-state index is 14.0. The average Bonchev–Trinajstić information content (AvgIpc) is 3.18. The molecular formula is C22H20FNO5S. The molecule has 156 valence electrons. The van der Waals surface area contributed by atoms with Crippen LogP contribution in [-0.2, 0) is 19.4 Å². The fourth-order valence-electron chi connectivity index (χ4n) is 4.09. The Labute approximate surface area is 173 Å². The number of aliphatic hydroxyl groups excluding tert-OH is 1. The van der Waals surface area contributed by atoms with E-state index in [4.69, 9.17) is 0 Å². The summed E-state index contributed by atoms with van der Waals surface area (Å²) < 4.78 is 38.0. The Morgan fingerprint density at radius 3 is 2.43 bits per heavy atom. The minimum atomic E-state index is -3.34. The Kier molecular flexibility index (Phi) is 4.97. The summed E-state index contributed by atoms with van der Waals surface area (Å²) >= 11 is 0. The quantitative estimate of drug-likeness (QED) is 0.460. The molecule has 2 aromatic carbocycles. The lowest BCUT2D eigenvalue weighted by atomic mass is 9.94. The van der Waals surface area contributed by atoms with Crippen molar-refractivity contribution in [2.45, 2.75) is 25.4 Å². The molecule has 0 aliphatic carbocycles. The van der Waals surface area contributed by atoms with Crippen molar-refractivity contribution in [3.8, 4) is 0 Å². The predicted molar refractivity (Wildman–Crippen MR) is 109 cm³/mol. The van der Waals surface area contributed by atoms with E-state index in [1.54, 1.807) is 30.3 Å². The highest BCUT2D eigenvalue weighted by molar-refractivity contribution is 7.91. The van der Waals surface area contributed by atoms with E-state index in [0.717, 1.165) is 5.56 Å². The third-order valence-corrected chi connectivity index (χ3v) is 7.32. The molecule has 1 amide bonds. The number of benzene rings is 2. The molecule has 2 aliphatic heterocycles. The number of ketones is 1. The maximum absolute atomic E-state index is 14.0. The Morgan fingerprint density at radius 2 is 1.83 bits per heavy atom. The average molecular weight is 429 g/mol. The Morgan fingerprint density at radius 1 is 1.13 bits per heavy atom. The smallest absolute Gasteiger partial charge is 0.295 e. The van der Waals surface area contributed by atoms with Crippen molar-refractivity contribution in [1.82, 2.24) is 4.90 Å². The number of halogens is 1. The second-order valence-electron chi connectivity index (χ2n) is 7.68. The van der Waals surface area contributed by atoms with Crippen LogP contribution in [0.4, 0.5) is 4.39 Å². The molecule has 0 aromatic heterocycles. The minimum Gasteiger partial charge on any atom is -0.507 e. The van der Waals surface area contributed by atoms with Gasteiger partial charge >= 0.3 is 0 Å². The number of nitrogens with zero attached hydrogens (tertiary/aromatic N) is 1. The van der Waals surface area contributed by atoms with Crippen LogP contribution in [0, 0.1) is 12.7 Å². The number of Topliss-reactive ketones (excluding diaryl/α,β-unsaturated/α-hetero) is 1. The topological polar surface area (TPSA) is 91.8 Å². The number of carbonyl (C=O) groups excluding carboxylic acids is 2. The summed E-state index contributed by atoms with van der Waals surface area (Å²) in [6.07, 6.45) is 0.186. The van der Waals surface area contributed by atoms with E-state index >= 15 is 0 Å². The number of carbonyl (C=O) groups is 2. The molecule has 1 N–H and O–H groups in total. The van der Waals surface area contributed by atoms with E-state index in [1.165, 1.54) is 23.1 Å². The van der Waals surface area contributed by atoms with Crippen LogP contribution in [-0.4, -0.2) is 47.7 Å². The number of hydrogen-bond donors (Lipinski definition) is 1. The van der Waals surface area contributed by atoms with Crippen LogP contribution in [0.2, 0.25) is 0 Å². The first-order valence-electron chi connectivity index (χ1n) is 9.51. The summed E-state index contributed by atoms with van der Waals surface area (Å²) in [5.41, 5.74) is 1.43. The number of rotatable bonds is 3. The zero-order valence-corrected chi connectivity index (χ0v) is 17.0. The number of aliphatic hydroxyl groups is 1. The summed E-state index contributed by atoms with van der Waals surface area (Å²) in [6.45, 7) is 1.87. The van der Waals surface area contributed by atoms with Gasteiger partial charge in [-0.3, -0.25) is 9.59 Å². The van der Waals surface area contributed by atoms with E-state index in [1.807, 2.05) is 6.92 Å². The van der Waals surface area contributed by atoms with Gasteiger partial charge in [-0.1, -0.05) is 42.0 Å². The third kappa shape index (κ3) is 3.52. The highest BCUT2D eigenvalue weighted by Crippen LogP contribution is 2.42. The first kappa shape index (κ1) is 20.3. The van der Waals surface area contributed by atoms with E-state index in [2.05, 4.69) is 0 Å². The van der Waals surface area contributed by atoms with Crippen molar-refractivity contribution in [2.75, 3.05) is 11.5 Å². The summed E-state index contributed by atoms with van der Waals surface area (Å²) in [5, 5.41) is 10.9. The third-order valence-electron chi connectivity index (χ3n) is 5.57. The van der Waals surface area contributed by atoms with Crippen molar-refractivity contribution in [3.63, 3.8) is 0 Å². The summed E-state index contributed by atoms with van der Waals surface area (Å²) in [5.74, 6) is -3.09. The van der Waals surface area contributed by atoms with Crippen LogP contribution in [0.5, 0.6) is 0 Å². The number of amides is 1. The molecule has 2 saturated heterocycles. The van der Waals surface area contributed by atoms with Crippen molar-refractivity contribution in [3.05, 3.63) is 76.6 Å². The SMILES string of the molecule is Cc1ccc(C(O)=C2C(=O)C(=O)N([C@@H]3CCS(=O)(=O)C3)[C@H]2c2cccc(F)c2)cc1. The standard InChI is InChI=1S/C22H20FNO5S/c1-13-5-7-14(8-6-13)20(25)18-19(15-3-2-4-16(23)11-15)24(22(27)21(18)26)17-9-10-30(28,29)12-17/h2-8,11,17,19,25H,9-10,12H2,1H3/t17-,19+/m1/s1. The van der Waals surface area contributed by atoms with Crippen molar-refractivity contribution < 1.29 is 27.5 Å². The highest BCUT2D eigenvalue weighted by atomic mass is 32.2. The zero-order chi connectivity index (χ0) is 21.6. The molecule has 2 atom stereocenters. The van der Waals surface area contributed by atoms with Gasteiger partial charge in [0.05, 0.1) is 23.1 Å². The summed E-state index contributed by atoms with van der Waals surface area (Å²) in [4.78, 5) is 27.0. The highest BCUT2D eigenvalue weighted by Gasteiger charge is 2.50. The van der Waals surface area contributed by atoms with Crippen LogP contribution in [0.3, 0.4) is 0 Å². The summed E-state index contributed by atoms with van der Waals surface area (Å²) in [7, 11) is -3.34. The first-order chi connectivity index (χ1) is 14.2. The molecule has 30 heavy (non-hydrogen) atoms. The van der Waals surface area contributed by atoms with Crippen LogP contribution in [0.15, 0.2) is 54.1 Å². The molecule has 0 bridgehead atoms. The van der Waals surface area contributed by atoms with E-state index in [0.29, 0.717) is 11.1 Å². The number of likely N-dealkylation sites (tertiary alicyclic amines) is 1. The zero-order valence-electron chi connectivity index (χ0n) is 16.2. The lowest BCUT2D eigenvalue weighted by Gasteiger charge is -2.30. The van der Waals surface area contributed by atoms with Gasteiger partial charge in [0, 0.05) is 11.6 Å². The van der Waals surface area contributed by atoms with Gasteiger partial charge in [-0.05, 0) is 31.0 Å². The van der Waals surface area contributed by atoms with Crippen LogP contribution in [0.1, 0.15) is 29.2 Å². The van der Waals surface area contributed by atoms with E-state index in [9.17, 15) is 27.5 Å². The predicted octanol–water partition coefficient (Wildman–Crippen LogP) is 2.74. The molecule has 0 spiro atoms. The van der Waals surface area contributed by atoms with Gasteiger partial charge in [0.25, 0.3) is 11.7 Å². The second-order valence-corrected chi connectivity index (χ2v) is 9.91. The Hall–Kier alpha value is -3.00. The van der Waals surface area contributed by atoms with E-state index in [-0.39, 0.29) is 29.3 Å². The molecule has 2 aromatic rings. The lowest BCUT2D eigenvalue weighted by molar-refractivity contribution is -0.141.